The van der Waals surface area contributed by atoms with E-state index in [9.17, 15) is 24.6 Å². The van der Waals surface area contributed by atoms with Crippen LogP contribution in [0.5, 0.6) is 5.75 Å². The average Bonchev–Trinajstić information content (AvgIpc) is 3.14. The second-order valence-electron chi connectivity index (χ2n) is 11.8. The molecule has 1 atom stereocenters. The second-order valence-corrected chi connectivity index (χ2v) is 11.8. The number of hydrogen-bond donors (Lipinski definition) is 2. The van der Waals surface area contributed by atoms with Gasteiger partial charge in [0.25, 0.3) is 5.91 Å². The zero-order valence-electron chi connectivity index (χ0n) is 22.6. The van der Waals surface area contributed by atoms with Gasteiger partial charge in [0.2, 0.25) is 0 Å². The molecule has 3 heterocycles. The van der Waals surface area contributed by atoms with Gasteiger partial charge in [-0.1, -0.05) is 30.3 Å². The third kappa shape index (κ3) is 5.59. The Kier molecular flexibility index (Phi) is 7.29. The monoisotopic (exact) mass is 535 g/mol. The molecule has 0 aromatic heterocycles. The standard InChI is InChI=1S/C30H37N3O6/c1-29(2)19-30(27(36)39-29)13-6-14-32(20-30)22-11-15-31(16-12-22)26(35)24-17-23(34)9-10-25(24)33(28(37)38)18-21-7-4-3-5-8-21/h3-5,7-10,17,22,34H,6,11-16,18-20H2,1-2H3,(H,37,38). The maximum Gasteiger partial charge on any atom is 0.412 e. The van der Waals surface area contributed by atoms with Crippen LogP contribution in [0.3, 0.4) is 0 Å². The van der Waals surface area contributed by atoms with Crippen LogP contribution in [0.2, 0.25) is 0 Å². The highest BCUT2D eigenvalue weighted by Gasteiger charge is 2.54. The summed E-state index contributed by atoms with van der Waals surface area (Å²) in [6.07, 6.45) is 2.89. The Hall–Kier alpha value is -3.59. The molecule has 2 amide bonds. The third-order valence-corrected chi connectivity index (χ3v) is 8.36. The van der Waals surface area contributed by atoms with Gasteiger partial charge in [-0.05, 0) is 69.8 Å². The largest absolute Gasteiger partial charge is 0.508 e. The maximum atomic E-state index is 13.7. The van der Waals surface area contributed by atoms with Gasteiger partial charge in [-0.25, -0.2) is 4.79 Å². The van der Waals surface area contributed by atoms with E-state index in [0.29, 0.717) is 19.6 Å². The zero-order chi connectivity index (χ0) is 27.8. The van der Waals surface area contributed by atoms with Gasteiger partial charge in [0.1, 0.15) is 11.4 Å². The van der Waals surface area contributed by atoms with Gasteiger partial charge in [0.05, 0.1) is 23.2 Å². The number of carboxylic acid groups (broad SMARTS) is 1. The number of carbonyl (C=O) groups is 3. The maximum absolute atomic E-state index is 13.7. The van der Waals surface area contributed by atoms with Gasteiger partial charge in [0, 0.05) is 32.1 Å². The van der Waals surface area contributed by atoms with Gasteiger partial charge < -0.3 is 19.8 Å². The van der Waals surface area contributed by atoms with Crippen molar-refractivity contribution < 1.29 is 29.3 Å². The number of rotatable bonds is 5. The summed E-state index contributed by atoms with van der Waals surface area (Å²) in [5.74, 6) is -0.471. The van der Waals surface area contributed by atoms with Crippen molar-refractivity contribution in [2.45, 2.75) is 64.1 Å². The SMILES string of the molecule is CC1(C)CC2(CCCN(C3CCN(C(=O)c4cc(O)ccc4N(Cc4ccccc4)C(=O)O)CC3)C2)C(=O)O1. The fourth-order valence-electron chi connectivity index (χ4n) is 6.63. The Morgan fingerprint density at radius 3 is 2.44 bits per heavy atom. The van der Waals surface area contributed by atoms with Crippen molar-refractivity contribution in [2.75, 3.05) is 31.1 Å². The number of anilines is 1. The molecule has 1 spiro atoms. The second kappa shape index (κ2) is 10.5. The number of benzene rings is 2. The number of phenols is 1. The minimum Gasteiger partial charge on any atom is -0.508 e. The van der Waals surface area contributed by atoms with Crippen LogP contribution in [0, 0.1) is 5.41 Å². The molecule has 39 heavy (non-hydrogen) atoms. The van der Waals surface area contributed by atoms with Crippen LogP contribution in [0.1, 0.15) is 61.9 Å². The molecule has 0 radical (unpaired) electrons. The molecule has 3 fully saturated rings. The predicted octanol–water partition coefficient (Wildman–Crippen LogP) is 4.49. The molecule has 3 saturated heterocycles. The first-order chi connectivity index (χ1) is 18.6. The topological polar surface area (TPSA) is 111 Å². The Labute approximate surface area is 229 Å². The predicted molar refractivity (Wildman–Crippen MR) is 146 cm³/mol. The lowest BCUT2D eigenvalue weighted by molar-refractivity contribution is -0.154. The van der Waals surface area contributed by atoms with Crippen LogP contribution in [-0.4, -0.2) is 75.8 Å². The Bertz CT molecular complexity index is 1240. The molecule has 3 aliphatic heterocycles. The van der Waals surface area contributed by atoms with Gasteiger partial charge in [-0.3, -0.25) is 19.4 Å². The summed E-state index contributed by atoms with van der Waals surface area (Å²) in [5, 5.41) is 20.2. The van der Waals surface area contributed by atoms with Crippen LogP contribution in [-0.2, 0) is 16.1 Å². The lowest BCUT2D eigenvalue weighted by Gasteiger charge is -2.45. The van der Waals surface area contributed by atoms with Crippen LogP contribution < -0.4 is 4.90 Å². The minimum absolute atomic E-state index is 0.0826. The summed E-state index contributed by atoms with van der Waals surface area (Å²) in [6, 6.07) is 13.7. The summed E-state index contributed by atoms with van der Waals surface area (Å²) in [6.45, 7) is 6.69. The Morgan fingerprint density at radius 2 is 1.79 bits per heavy atom. The van der Waals surface area contributed by atoms with Gasteiger partial charge in [-0.15, -0.1) is 0 Å². The number of esters is 1. The molecule has 5 rings (SSSR count). The molecular weight excluding hydrogens is 498 g/mol. The number of likely N-dealkylation sites (tertiary alicyclic amines) is 2. The molecule has 2 aromatic carbocycles. The molecular formula is C30H37N3O6. The number of amides is 2. The van der Waals surface area contributed by atoms with Crippen molar-refractivity contribution in [3.05, 3.63) is 59.7 Å². The van der Waals surface area contributed by atoms with E-state index in [2.05, 4.69) is 4.90 Å². The quantitative estimate of drug-likeness (QED) is 0.543. The van der Waals surface area contributed by atoms with Gasteiger partial charge >= 0.3 is 12.1 Å². The number of hydrogen-bond acceptors (Lipinski definition) is 6. The number of carbonyl (C=O) groups excluding carboxylic acids is 2. The Balaban J connectivity index is 1.29. The summed E-state index contributed by atoms with van der Waals surface area (Å²) in [7, 11) is 0. The Morgan fingerprint density at radius 1 is 1.08 bits per heavy atom. The molecule has 2 aromatic rings. The summed E-state index contributed by atoms with van der Waals surface area (Å²) in [4.78, 5) is 44.0. The number of cyclic esters (lactones) is 1. The van der Waals surface area contributed by atoms with Gasteiger partial charge in [-0.2, -0.15) is 0 Å². The first kappa shape index (κ1) is 27.0. The highest BCUT2D eigenvalue weighted by molar-refractivity contribution is 6.03. The van der Waals surface area contributed by atoms with E-state index in [0.717, 1.165) is 49.1 Å². The molecule has 208 valence electrons. The van der Waals surface area contributed by atoms with Crippen molar-refractivity contribution in [3.63, 3.8) is 0 Å². The van der Waals surface area contributed by atoms with E-state index >= 15 is 0 Å². The van der Waals surface area contributed by atoms with E-state index in [1.165, 1.54) is 18.2 Å². The molecule has 9 nitrogen and oxygen atoms in total. The number of nitrogens with zero attached hydrogens (tertiary/aromatic N) is 3. The minimum atomic E-state index is -1.18. The number of piperidine rings is 2. The van der Waals surface area contributed by atoms with E-state index < -0.39 is 17.1 Å². The van der Waals surface area contributed by atoms with Crippen LogP contribution in [0.15, 0.2) is 48.5 Å². The van der Waals surface area contributed by atoms with E-state index in [-0.39, 0.29) is 41.5 Å². The normalized spacial score (nSPS) is 23.5. The van der Waals surface area contributed by atoms with E-state index in [4.69, 9.17) is 4.74 Å². The van der Waals surface area contributed by atoms with Crippen molar-refractivity contribution in [3.8, 4) is 5.75 Å². The van der Waals surface area contributed by atoms with E-state index in [1.807, 2.05) is 44.2 Å². The summed E-state index contributed by atoms with van der Waals surface area (Å²) in [5.41, 5.74) is 0.334. The van der Waals surface area contributed by atoms with Crippen molar-refractivity contribution in [2.24, 2.45) is 5.41 Å². The molecule has 0 saturated carbocycles. The number of ether oxygens (including phenoxy) is 1. The zero-order valence-corrected chi connectivity index (χ0v) is 22.6. The summed E-state index contributed by atoms with van der Waals surface area (Å²) >= 11 is 0. The van der Waals surface area contributed by atoms with Crippen molar-refractivity contribution in [1.82, 2.24) is 9.80 Å². The smallest absolute Gasteiger partial charge is 0.412 e. The molecule has 2 N–H and O–H groups in total. The van der Waals surface area contributed by atoms with E-state index in [1.54, 1.807) is 4.90 Å². The van der Waals surface area contributed by atoms with Gasteiger partial charge in [0.15, 0.2) is 0 Å². The first-order valence-corrected chi connectivity index (χ1v) is 13.7. The highest BCUT2D eigenvalue weighted by atomic mass is 16.6. The lowest BCUT2D eigenvalue weighted by Crippen LogP contribution is -2.53. The fraction of sp³-hybridized carbons (Fsp3) is 0.500. The van der Waals surface area contributed by atoms with Crippen molar-refractivity contribution >= 4 is 23.7 Å². The van der Waals surface area contributed by atoms with Crippen LogP contribution in [0.4, 0.5) is 10.5 Å². The fourth-order valence-corrected chi connectivity index (χ4v) is 6.63. The van der Waals surface area contributed by atoms with Crippen LogP contribution in [0.25, 0.3) is 0 Å². The van der Waals surface area contributed by atoms with Crippen LogP contribution >= 0.6 is 0 Å². The summed E-state index contributed by atoms with van der Waals surface area (Å²) < 4.78 is 5.68. The third-order valence-electron chi connectivity index (χ3n) is 8.36. The molecule has 1 unspecified atom stereocenters. The first-order valence-electron chi connectivity index (χ1n) is 13.7. The highest BCUT2D eigenvalue weighted by Crippen LogP contribution is 2.46. The number of aromatic hydroxyl groups is 1. The molecule has 0 bridgehead atoms. The molecule has 9 heteroatoms. The molecule has 3 aliphatic rings. The average molecular weight is 536 g/mol. The lowest BCUT2D eigenvalue weighted by atomic mass is 9.74. The number of phenolic OH excluding ortho intramolecular Hbond substituents is 1. The van der Waals surface area contributed by atoms with Crippen molar-refractivity contribution in [1.29, 1.82) is 0 Å². The molecule has 0 aliphatic carbocycles.